The summed E-state index contributed by atoms with van der Waals surface area (Å²) in [4.78, 5) is 20.3. The van der Waals surface area contributed by atoms with Gasteiger partial charge in [0.15, 0.2) is 0 Å². The molecule has 1 saturated carbocycles. The SMILES string of the molecule is O=C(C1CCN(CC2CCCCC2)CC1)N1CCN(CC=Cc2ccccc2)CC1. The Morgan fingerprint density at radius 3 is 2.23 bits per heavy atom. The lowest BCUT2D eigenvalue weighted by Gasteiger charge is -2.39. The maximum atomic E-state index is 13.0. The van der Waals surface area contributed by atoms with Crippen LogP contribution in [0, 0.1) is 11.8 Å². The van der Waals surface area contributed by atoms with Crippen LogP contribution in [0.5, 0.6) is 0 Å². The number of benzene rings is 1. The van der Waals surface area contributed by atoms with Crippen LogP contribution in [0.1, 0.15) is 50.5 Å². The normalized spacial score (nSPS) is 23.3. The average molecular weight is 410 g/mol. The third-order valence-corrected chi connectivity index (χ3v) is 7.34. The molecule has 1 amide bonds. The molecule has 1 aromatic carbocycles. The van der Waals surface area contributed by atoms with Crippen molar-refractivity contribution >= 4 is 12.0 Å². The van der Waals surface area contributed by atoms with Gasteiger partial charge >= 0.3 is 0 Å². The molecule has 4 heteroatoms. The van der Waals surface area contributed by atoms with E-state index in [0.717, 1.165) is 64.6 Å². The molecule has 4 rings (SSSR count). The van der Waals surface area contributed by atoms with Gasteiger partial charge in [-0.25, -0.2) is 0 Å². The van der Waals surface area contributed by atoms with E-state index < -0.39 is 0 Å². The molecule has 3 aliphatic rings. The Balaban J connectivity index is 1.14. The summed E-state index contributed by atoms with van der Waals surface area (Å²) in [6.07, 6.45) is 13.7. The van der Waals surface area contributed by atoms with Gasteiger partial charge in [-0.3, -0.25) is 9.69 Å². The maximum absolute atomic E-state index is 13.0. The maximum Gasteiger partial charge on any atom is 0.225 e. The van der Waals surface area contributed by atoms with Gasteiger partial charge in [0.25, 0.3) is 0 Å². The molecular formula is C26H39N3O. The summed E-state index contributed by atoms with van der Waals surface area (Å²) in [7, 11) is 0. The van der Waals surface area contributed by atoms with Crippen molar-refractivity contribution in [1.29, 1.82) is 0 Å². The van der Waals surface area contributed by atoms with E-state index >= 15 is 0 Å². The highest BCUT2D eigenvalue weighted by Crippen LogP contribution is 2.27. The first-order chi connectivity index (χ1) is 14.8. The number of amides is 1. The average Bonchev–Trinajstić information content (AvgIpc) is 2.81. The van der Waals surface area contributed by atoms with Crippen LogP contribution in [-0.2, 0) is 4.79 Å². The van der Waals surface area contributed by atoms with Gasteiger partial charge in [0, 0.05) is 45.2 Å². The van der Waals surface area contributed by atoms with Gasteiger partial charge in [0.05, 0.1) is 0 Å². The summed E-state index contributed by atoms with van der Waals surface area (Å²) >= 11 is 0. The molecule has 0 N–H and O–H groups in total. The smallest absolute Gasteiger partial charge is 0.225 e. The van der Waals surface area contributed by atoms with Crippen LogP contribution in [0.3, 0.4) is 0 Å². The Bertz CT molecular complexity index is 667. The van der Waals surface area contributed by atoms with Crippen LogP contribution in [-0.4, -0.2) is 73.0 Å². The van der Waals surface area contributed by atoms with Crippen molar-refractivity contribution in [1.82, 2.24) is 14.7 Å². The van der Waals surface area contributed by atoms with Crippen molar-refractivity contribution in [2.24, 2.45) is 11.8 Å². The van der Waals surface area contributed by atoms with Crippen LogP contribution in [0.2, 0.25) is 0 Å². The molecule has 0 unspecified atom stereocenters. The number of carbonyl (C=O) groups is 1. The molecule has 1 aliphatic carbocycles. The highest BCUT2D eigenvalue weighted by Gasteiger charge is 2.31. The number of piperazine rings is 1. The second kappa shape index (κ2) is 11.1. The second-order valence-corrected chi connectivity index (χ2v) is 9.52. The lowest BCUT2D eigenvalue weighted by Crippen LogP contribution is -2.51. The number of hydrogen-bond donors (Lipinski definition) is 0. The number of hydrogen-bond acceptors (Lipinski definition) is 3. The highest BCUT2D eigenvalue weighted by molar-refractivity contribution is 5.79. The molecule has 3 fully saturated rings. The van der Waals surface area contributed by atoms with E-state index in [1.54, 1.807) is 0 Å². The van der Waals surface area contributed by atoms with Gasteiger partial charge in [0.1, 0.15) is 0 Å². The zero-order valence-corrected chi connectivity index (χ0v) is 18.6. The zero-order valence-electron chi connectivity index (χ0n) is 18.6. The van der Waals surface area contributed by atoms with E-state index in [2.05, 4.69) is 51.1 Å². The second-order valence-electron chi connectivity index (χ2n) is 9.52. The summed E-state index contributed by atoms with van der Waals surface area (Å²) in [5.74, 6) is 1.60. The molecule has 2 saturated heterocycles. The van der Waals surface area contributed by atoms with Crippen LogP contribution >= 0.6 is 0 Å². The summed E-state index contributed by atoms with van der Waals surface area (Å²) in [5, 5.41) is 0. The van der Waals surface area contributed by atoms with Crippen LogP contribution in [0.25, 0.3) is 6.08 Å². The highest BCUT2D eigenvalue weighted by atomic mass is 16.2. The van der Waals surface area contributed by atoms with Crippen LogP contribution < -0.4 is 0 Å². The van der Waals surface area contributed by atoms with E-state index in [1.807, 2.05) is 6.07 Å². The van der Waals surface area contributed by atoms with Crippen molar-refractivity contribution in [3.8, 4) is 0 Å². The number of likely N-dealkylation sites (tertiary alicyclic amines) is 1. The quantitative estimate of drug-likeness (QED) is 0.707. The summed E-state index contributed by atoms with van der Waals surface area (Å²) in [5.41, 5.74) is 1.25. The van der Waals surface area contributed by atoms with Crippen molar-refractivity contribution in [3.63, 3.8) is 0 Å². The Labute approximate surface area is 182 Å². The van der Waals surface area contributed by atoms with Gasteiger partial charge in [-0.05, 0) is 50.3 Å². The largest absolute Gasteiger partial charge is 0.340 e. The van der Waals surface area contributed by atoms with E-state index in [0.29, 0.717) is 5.91 Å². The molecular weight excluding hydrogens is 370 g/mol. The van der Waals surface area contributed by atoms with Gasteiger partial charge in [-0.1, -0.05) is 61.7 Å². The lowest BCUT2D eigenvalue weighted by atomic mass is 9.87. The van der Waals surface area contributed by atoms with E-state index in [1.165, 1.54) is 44.2 Å². The van der Waals surface area contributed by atoms with Gasteiger partial charge in [0.2, 0.25) is 5.91 Å². The third kappa shape index (κ3) is 6.18. The van der Waals surface area contributed by atoms with Crippen molar-refractivity contribution in [2.75, 3.05) is 52.4 Å². The summed E-state index contributed by atoms with van der Waals surface area (Å²) in [6.45, 7) is 8.25. The van der Waals surface area contributed by atoms with Crippen LogP contribution in [0.4, 0.5) is 0 Å². The van der Waals surface area contributed by atoms with Crippen molar-refractivity contribution < 1.29 is 4.79 Å². The summed E-state index contributed by atoms with van der Waals surface area (Å²) < 4.78 is 0. The van der Waals surface area contributed by atoms with Crippen molar-refractivity contribution in [2.45, 2.75) is 44.9 Å². The molecule has 0 spiro atoms. The van der Waals surface area contributed by atoms with Gasteiger partial charge in [-0.15, -0.1) is 0 Å². The number of rotatable bonds is 6. The number of carbonyl (C=O) groups excluding carboxylic acids is 1. The zero-order chi connectivity index (χ0) is 20.6. The molecule has 0 bridgehead atoms. The van der Waals surface area contributed by atoms with E-state index in [9.17, 15) is 4.79 Å². The minimum Gasteiger partial charge on any atom is -0.340 e. The Morgan fingerprint density at radius 1 is 0.833 bits per heavy atom. The molecule has 2 aliphatic heterocycles. The molecule has 1 aromatic rings. The van der Waals surface area contributed by atoms with Crippen LogP contribution in [0.15, 0.2) is 36.4 Å². The minimum atomic E-state index is 0.261. The molecule has 164 valence electrons. The molecule has 4 nitrogen and oxygen atoms in total. The predicted octanol–water partition coefficient (Wildman–Crippen LogP) is 4.14. The van der Waals surface area contributed by atoms with E-state index in [-0.39, 0.29) is 5.92 Å². The van der Waals surface area contributed by atoms with Crippen molar-refractivity contribution in [3.05, 3.63) is 42.0 Å². The fourth-order valence-corrected chi connectivity index (χ4v) is 5.41. The fourth-order valence-electron chi connectivity index (χ4n) is 5.41. The number of piperidine rings is 1. The Kier molecular flexibility index (Phi) is 7.99. The molecule has 30 heavy (non-hydrogen) atoms. The molecule has 2 heterocycles. The molecule has 0 atom stereocenters. The Morgan fingerprint density at radius 2 is 1.53 bits per heavy atom. The first-order valence-corrected chi connectivity index (χ1v) is 12.2. The number of nitrogens with zero attached hydrogens (tertiary/aromatic N) is 3. The topological polar surface area (TPSA) is 26.8 Å². The monoisotopic (exact) mass is 409 g/mol. The van der Waals surface area contributed by atoms with Gasteiger partial charge in [-0.2, -0.15) is 0 Å². The van der Waals surface area contributed by atoms with E-state index in [4.69, 9.17) is 0 Å². The predicted molar refractivity (Wildman–Crippen MR) is 124 cm³/mol. The first kappa shape index (κ1) is 21.6. The summed E-state index contributed by atoms with van der Waals surface area (Å²) in [6, 6.07) is 10.5. The standard InChI is InChI=1S/C26H39N3O/c30-26(25-13-16-28(17-14-25)22-24-10-5-2-6-11-24)29-20-18-27(19-21-29)15-7-12-23-8-3-1-4-9-23/h1,3-4,7-9,12,24-25H,2,5-6,10-11,13-22H2. The molecule has 0 aromatic heterocycles. The lowest BCUT2D eigenvalue weighted by molar-refractivity contribution is -0.138. The van der Waals surface area contributed by atoms with Gasteiger partial charge < -0.3 is 9.80 Å². The molecule has 0 radical (unpaired) electrons. The third-order valence-electron chi connectivity index (χ3n) is 7.34. The first-order valence-electron chi connectivity index (χ1n) is 12.2. The fraction of sp³-hybridized carbons (Fsp3) is 0.654. The Hall–Kier alpha value is -1.65. The minimum absolute atomic E-state index is 0.261.